The van der Waals surface area contributed by atoms with Crippen molar-refractivity contribution in [3.8, 4) is 5.75 Å². The molecular weight excluding hydrogens is 478 g/mol. The van der Waals surface area contributed by atoms with Crippen LogP contribution in [-0.4, -0.2) is 57.6 Å². The van der Waals surface area contributed by atoms with Crippen molar-refractivity contribution in [3.05, 3.63) is 59.7 Å². The number of amides is 2. The summed E-state index contributed by atoms with van der Waals surface area (Å²) in [6.07, 6.45) is 3.35. The van der Waals surface area contributed by atoms with Gasteiger partial charge in [-0.3, -0.25) is 13.9 Å². The van der Waals surface area contributed by atoms with Gasteiger partial charge in [0.25, 0.3) is 0 Å². The monoisotopic (exact) mass is 517 g/mol. The Morgan fingerprint density at radius 1 is 1.06 bits per heavy atom. The lowest BCUT2D eigenvalue weighted by Crippen LogP contribution is -2.48. The van der Waals surface area contributed by atoms with E-state index in [9.17, 15) is 18.0 Å². The zero-order valence-corrected chi connectivity index (χ0v) is 22.8. The van der Waals surface area contributed by atoms with E-state index in [4.69, 9.17) is 4.74 Å². The molecule has 1 unspecified atom stereocenters. The summed E-state index contributed by atoms with van der Waals surface area (Å²) in [5, 5.41) is 2.91. The predicted octanol–water partition coefficient (Wildman–Crippen LogP) is 3.88. The van der Waals surface area contributed by atoms with Gasteiger partial charge in [0.05, 0.1) is 19.1 Å². The molecule has 1 N–H and O–H groups in total. The lowest BCUT2D eigenvalue weighted by molar-refractivity contribution is -0.140. The number of anilines is 1. The second-order valence-corrected chi connectivity index (χ2v) is 10.8. The summed E-state index contributed by atoms with van der Waals surface area (Å²) in [6, 6.07) is 14.0. The minimum absolute atomic E-state index is 0.0969. The summed E-state index contributed by atoms with van der Waals surface area (Å²) in [4.78, 5) is 27.8. The van der Waals surface area contributed by atoms with Crippen molar-refractivity contribution < 1.29 is 22.7 Å². The Labute approximate surface area is 215 Å². The topological polar surface area (TPSA) is 96.0 Å². The zero-order chi connectivity index (χ0) is 26.7. The molecule has 2 aromatic rings. The maximum atomic E-state index is 13.4. The number of rotatable bonds is 14. The van der Waals surface area contributed by atoms with E-state index < -0.39 is 16.1 Å². The number of nitrogens with zero attached hydrogens (tertiary/aromatic N) is 2. The average Bonchev–Trinajstić information content (AvgIpc) is 2.85. The summed E-state index contributed by atoms with van der Waals surface area (Å²) in [7, 11) is -2.12. The van der Waals surface area contributed by atoms with Gasteiger partial charge in [-0.2, -0.15) is 0 Å². The molecular formula is C27H39N3O5S. The van der Waals surface area contributed by atoms with Gasteiger partial charge in [-0.25, -0.2) is 8.42 Å². The van der Waals surface area contributed by atoms with Crippen LogP contribution < -0.4 is 14.4 Å². The lowest BCUT2D eigenvalue weighted by atomic mass is 10.1. The van der Waals surface area contributed by atoms with Gasteiger partial charge in [-0.15, -0.1) is 0 Å². The molecule has 36 heavy (non-hydrogen) atoms. The summed E-state index contributed by atoms with van der Waals surface area (Å²) >= 11 is 0. The van der Waals surface area contributed by atoms with Crippen LogP contribution in [0.25, 0.3) is 0 Å². The quantitative estimate of drug-likeness (QED) is 0.384. The largest absolute Gasteiger partial charge is 0.495 e. The maximum Gasteiger partial charge on any atom is 0.242 e. The molecule has 2 rings (SSSR count). The van der Waals surface area contributed by atoms with Crippen molar-refractivity contribution in [3.63, 3.8) is 0 Å². The first kappa shape index (κ1) is 29.2. The number of unbranched alkanes of at least 4 members (excludes halogenated alkanes) is 1. The van der Waals surface area contributed by atoms with Crippen molar-refractivity contribution in [2.45, 2.75) is 59.0 Å². The standard InChI is InChI=1S/C27H39N3O5S/c1-6-7-18-28-27(32)22(3)29(20-23-14-9-8-13-21(23)2)26(31)17-12-19-30(36(5,33)34)24-15-10-11-16-25(24)35-4/h8-11,13-16,22H,6-7,12,17-20H2,1-5H3,(H,28,32). The highest BCUT2D eigenvalue weighted by molar-refractivity contribution is 7.92. The number of methoxy groups -OCH3 is 1. The van der Waals surface area contributed by atoms with Gasteiger partial charge in [0.2, 0.25) is 21.8 Å². The van der Waals surface area contributed by atoms with E-state index in [1.807, 2.05) is 31.2 Å². The molecule has 0 radical (unpaired) electrons. The van der Waals surface area contributed by atoms with Crippen molar-refractivity contribution in [2.24, 2.45) is 0 Å². The number of nitrogens with one attached hydrogen (secondary N) is 1. The zero-order valence-electron chi connectivity index (χ0n) is 22.0. The number of benzene rings is 2. The highest BCUT2D eigenvalue weighted by Gasteiger charge is 2.27. The minimum atomic E-state index is -3.60. The Morgan fingerprint density at radius 3 is 2.36 bits per heavy atom. The second-order valence-electron chi connectivity index (χ2n) is 8.88. The van der Waals surface area contributed by atoms with Crippen LogP contribution in [-0.2, 0) is 26.2 Å². The fourth-order valence-electron chi connectivity index (χ4n) is 3.91. The first-order valence-electron chi connectivity index (χ1n) is 12.3. The third-order valence-electron chi connectivity index (χ3n) is 6.10. The number of hydrogen-bond acceptors (Lipinski definition) is 5. The van der Waals surface area contributed by atoms with E-state index in [2.05, 4.69) is 12.2 Å². The third kappa shape index (κ3) is 8.26. The highest BCUT2D eigenvalue weighted by Crippen LogP contribution is 2.29. The molecule has 2 aromatic carbocycles. The molecule has 0 heterocycles. The smallest absolute Gasteiger partial charge is 0.242 e. The van der Waals surface area contributed by atoms with Crippen molar-refractivity contribution in [1.82, 2.24) is 10.2 Å². The normalized spacial score (nSPS) is 12.0. The number of aryl methyl sites for hydroxylation is 1. The number of hydrogen-bond donors (Lipinski definition) is 1. The Morgan fingerprint density at radius 2 is 1.72 bits per heavy atom. The molecule has 0 bridgehead atoms. The number of carbonyl (C=O) groups excluding carboxylic acids is 2. The van der Waals surface area contributed by atoms with E-state index in [0.717, 1.165) is 30.2 Å². The lowest BCUT2D eigenvalue weighted by Gasteiger charge is -2.30. The Kier molecular flexibility index (Phi) is 11.2. The van der Waals surface area contributed by atoms with Crippen LogP contribution in [0, 0.1) is 6.92 Å². The summed E-state index contributed by atoms with van der Waals surface area (Å²) in [5.41, 5.74) is 2.43. The van der Waals surface area contributed by atoms with Crippen LogP contribution >= 0.6 is 0 Å². The molecule has 0 fully saturated rings. The summed E-state index contributed by atoms with van der Waals surface area (Å²) in [5.74, 6) is 0.0369. The second kappa shape index (κ2) is 13.9. The number of carbonyl (C=O) groups is 2. The molecule has 0 aromatic heterocycles. The Bertz CT molecular complexity index is 1120. The first-order valence-corrected chi connectivity index (χ1v) is 14.2. The molecule has 0 aliphatic rings. The molecule has 0 saturated heterocycles. The molecule has 0 aliphatic heterocycles. The summed E-state index contributed by atoms with van der Waals surface area (Å²) in [6.45, 7) is 6.73. The number of para-hydroxylation sites is 2. The van der Waals surface area contributed by atoms with E-state index in [1.165, 1.54) is 11.4 Å². The van der Waals surface area contributed by atoms with Crippen molar-refractivity contribution >= 4 is 27.5 Å². The molecule has 9 heteroatoms. The van der Waals surface area contributed by atoms with E-state index >= 15 is 0 Å². The molecule has 2 amide bonds. The van der Waals surface area contributed by atoms with Gasteiger partial charge in [-0.1, -0.05) is 49.7 Å². The average molecular weight is 518 g/mol. The van der Waals surface area contributed by atoms with Gasteiger partial charge in [-0.05, 0) is 49.9 Å². The van der Waals surface area contributed by atoms with Crippen LogP contribution in [0.15, 0.2) is 48.5 Å². The first-order chi connectivity index (χ1) is 17.1. The molecule has 198 valence electrons. The van der Waals surface area contributed by atoms with Gasteiger partial charge < -0.3 is 15.0 Å². The maximum absolute atomic E-state index is 13.4. The van der Waals surface area contributed by atoms with E-state index in [-0.39, 0.29) is 24.8 Å². The van der Waals surface area contributed by atoms with Gasteiger partial charge in [0.15, 0.2) is 0 Å². The fourth-order valence-corrected chi connectivity index (χ4v) is 4.88. The van der Waals surface area contributed by atoms with Crippen LogP contribution in [0.3, 0.4) is 0 Å². The van der Waals surface area contributed by atoms with Crippen molar-refractivity contribution in [1.29, 1.82) is 0 Å². The Hall–Kier alpha value is -3.07. The van der Waals surface area contributed by atoms with Crippen LogP contribution in [0.2, 0.25) is 0 Å². The highest BCUT2D eigenvalue weighted by atomic mass is 32.2. The van der Waals surface area contributed by atoms with Crippen LogP contribution in [0.4, 0.5) is 5.69 Å². The van der Waals surface area contributed by atoms with Crippen molar-refractivity contribution in [2.75, 3.05) is 30.8 Å². The Balaban J connectivity index is 2.18. The molecule has 8 nitrogen and oxygen atoms in total. The molecule has 0 aliphatic carbocycles. The van der Waals surface area contributed by atoms with Crippen LogP contribution in [0.1, 0.15) is 50.7 Å². The molecule has 0 spiro atoms. The number of ether oxygens (including phenoxy) is 1. The predicted molar refractivity (Wildman–Crippen MR) is 144 cm³/mol. The van der Waals surface area contributed by atoms with Crippen LogP contribution in [0.5, 0.6) is 5.75 Å². The molecule has 0 saturated carbocycles. The summed E-state index contributed by atoms with van der Waals surface area (Å²) < 4.78 is 31.7. The van der Waals surface area contributed by atoms with E-state index in [1.54, 1.807) is 36.1 Å². The number of sulfonamides is 1. The van der Waals surface area contributed by atoms with Gasteiger partial charge in [0.1, 0.15) is 11.8 Å². The minimum Gasteiger partial charge on any atom is -0.495 e. The SMILES string of the molecule is CCCCNC(=O)C(C)N(Cc1ccccc1C)C(=O)CCCN(c1ccccc1OC)S(C)(=O)=O. The molecule has 1 atom stereocenters. The van der Waals surface area contributed by atoms with E-state index in [0.29, 0.717) is 30.9 Å². The third-order valence-corrected chi connectivity index (χ3v) is 7.28. The van der Waals surface area contributed by atoms with Gasteiger partial charge in [0, 0.05) is 26.1 Å². The fraction of sp³-hybridized carbons (Fsp3) is 0.481. The van der Waals surface area contributed by atoms with Gasteiger partial charge >= 0.3 is 0 Å².